The van der Waals surface area contributed by atoms with Crippen molar-refractivity contribution in [3.8, 4) is 0 Å². The molecule has 0 N–H and O–H groups in total. The molecule has 1 aliphatic heterocycles. The number of methoxy groups -OCH3 is 1. The zero-order valence-electron chi connectivity index (χ0n) is 14.3. The molecule has 0 spiro atoms. The van der Waals surface area contributed by atoms with E-state index < -0.39 is 0 Å². The molecule has 0 saturated carbocycles. The predicted molar refractivity (Wildman–Crippen MR) is 91.6 cm³/mol. The van der Waals surface area contributed by atoms with Gasteiger partial charge in [0, 0.05) is 39.3 Å². The summed E-state index contributed by atoms with van der Waals surface area (Å²) in [4.78, 5) is 17.0. The second-order valence-electron chi connectivity index (χ2n) is 6.27. The van der Waals surface area contributed by atoms with E-state index in [1.165, 1.54) is 5.56 Å². The molecule has 2 heterocycles. The average Bonchev–Trinajstić information content (AvgIpc) is 3.04. The standard InChI is InChI=1S/C19H24N2O3/c1-15-12-20(13-16-6-4-3-5-7-16)10-11-21(15)19(22)18-9-8-17(24-18)14-23-2/h3-9,15H,10-14H2,1-2H3/t15-/m0/s1. The molecular formula is C19H24N2O3. The van der Waals surface area contributed by atoms with Crippen molar-refractivity contribution in [1.82, 2.24) is 9.80 Å². The van der Waals surface area contributed by atoms with Crippen molar-refractivity contribution in [2.75, 3.05) is 26.7 Å². The summed E-state index contributed by atoms with van der Waals surface area (Å²) in [6.07, 6.45) is 0. The number of carbonyl (C=O) groups excluding carboxylic acids is 1. The van der Waals surface area contributed by atoms with E-state index in [4.69, 9.17) is 9.15 Å². The monoisotopic (exact) mass is 328 g/mol. The number of carbonyl (C=O) groups is 1. The number of hydrogen-bond acceptors (Lipinski definition) is 4. The molecule has 1 saturated heterocycles. The SMILES string of the molecule is COCc1ccc(C(=O)N2CCN(Cc3ccccc3)C[C@@H]2C)o1. The van der Waals surface area contributed by atoms with Crippen molar-refractivity contribution in [3.05, 3.63) is 59.5 Å². The normalized spacial score (nSPS) is 18.8. The first kappa shape index (κ1) is 16.7. The number of rotatable bonds is 5. The first-order chi connectivity index (χ1) is 11.7. The number of piperazine rings is 1. The molecule has 1 atom stereocenters. The number of amides is 1. The molecular weight excluding hydrogens is 304 g/mol. The third kappa shape index (κ3) is 3.86. The fourth-order valence-electron chi connectivity index (χ4n) is 3.17. The van der Waals surface area contributed by atoms with Crippen LogP contribution in [0.1, 0.15) is 28.8 Å². The Morgan fingerprint density at radius 1 is 1.21 bits per heavy atom. The Kier molecular flexibility index (Phi) is 5.33. The summed E-state index contributed by atoms with van der Waals surface area (Å²) < 4.78 is 10.6. The van der Waals surface area contributed by atoms with Crippen molar-refractivity contribution < 1.29 is 13.9 Å². The second kappa shape index (κ2) is 7.64. The zero-order chi connectivity index (χ0) is 16.9. The maximum Gasteiger partial charge on any atom is 0.289 e. The highest BCUT2D eigenvalue weighted by atomic mass is 16.5. The lowest BCUT2D eigenvalue weighted by molar-refractivity contribution is 0.0441. The van der Waals surface area contributed by atoms with Gasteiger partial charge in [0.1, 0.15) is 12.4 Å². The number of furan rings is 1. The van der Waals surface area contributed by atoms with Crippen molar-refractivity contribution in [1.29, 1.82) is 0 Å². The Morgan fingerprint density at radius 3 is 2.71 bits per heavy atom. The van der Waals surface area contributed by atoms with Gasteiger partial charge < -0.3 is 14.1 Å². The summed E-state index contributed by atoms with van der Waals surface area (Å²) >= 11 is 0. The molecule has 2 aromatic rings. The summed E-state index contributed by atoms with van der Waals surface area (Å²) in [5, 5.41) is 0. The molecule has 1 aromatic heterocycles. The summed E-state index contributed by atoms with van der Waals surface area (Å²) in [6, 6.07) is 14.1. The van der Waals surface area contributed by atoms with Crippen LogP contribution < -0.4 is 0 Å². The van der Waals surface area contributed by atoms with Gasteiger partial charge in [-0.15, -0.1) is 0 Å². The van der Waals surface area contributed by atoms with Crippen LogP contribution in [0.5, 0.6) is 0 Å². The van der Waals surface area contributed by atoms with E-state index in [-0.39, 0.29) is 11.9 Å². The van der Waals surface area contributed by atoms with E-state index in [2.05, 4.69) is 36.1 Å². The third-order valence-electron chi connectivity index (χ3n) is 4.38. The lowest BCUT2D eigenvalue weighted by Gasteiger charge is -2.39. The number of nitrogens with zero attached hydrogens (tertiary/aromatic N) is 2. The van der Waals surface area contributed by atoms with Gasteiger partial charge in [-0.3, -0.25) is 9.69 Å². The van der Waals surface area contributed by atoms with Gasteiger partial charge in [0.15, 0.2) is 5.76 Å². The lowest BCUT2D eigenvalue weighted by Crippen LogP contribution is -2.53. The van der Waals surface area contributed by atoms with Gasteiger partial charge in [-0.2, -0.15) is 0 Å². The Hall–Kier alpha value is -2.11. The zero-order valence-corrected chi connectivity index (χ0v) is 14.3. The van der Waals surface area contributed by atoms with Crippen LogP contribution >= 0.6 is 0 Å². The number of hydrogen-bond donors (Lipinski definition) is 0. The Morgan fingerprint density at radius 2 is 2.00 bits per heavy atom. The topological polar surface area (TPSA) is 45.9 Å². The molecule has 0 bridgehead atoms. The third-order valence-corrected chi connectivity index (χ3v) is 4.38. The maximum absolute atomic E-state index is 12.7. The smallest absolute Gasteiger partial charge is 0.289 e. The molecule has 0 aliphatic carbocycles. The van der Waals surface area contributed by atoms with Crippen LogP contribution in [-0.2, 0) is 17.9 Å². The average molecular weight is 328 g/mol. The van der Waals surface area contributed by atoms with Crippen LogP contribution in [0.15, 0.2) is 46.9 Å². The molecule has 0 radical (unpaired) electrons. The Balaban J connectivity index is 1.59. The van der Waals surface area contributed by atoms with Crippen molar-refractivity contribution in [2.45, 2.75) is 26.1 Å². The van der Waals surface area contributed by atoms with Gasteiger partial charge in [-0.05, 0) is 24.6 Å². The highest BCUT2D eigenvalue weighted by Crippen LogP contribution is 2.18. The van der Waals surface area contributed by atoms with E-state index in [1.807, 2.05) is 11.0 Å². The molecule has 5 heteroatoms. The summed E-state index contributed by atoms with van der Waals surface area (Å²) in [6.45, 7) is 5.85. The molecule has 128 valence electrons. The van der Waals surface area contributed by atoms with Crippen molar-refractivity contribution in [2.24, 2.45) is 0 Å². The van der Waals surface area contributed by atoms with Crippen LogP contribution in [0.4, 0.5) is 0 Å². The first-order valence-corrected chi connectivity index (χ1v) is 8.32. The molecule has 5 nitrogen and oxygen atoms in total. The van der Waals surface area contributed by atoms with Crippen LogP contribution in [0.25, 0.3) is 0 Å². The van der Waals surface area contributed by atoms with E-state index in [9.17, 15) is 4.79 Å². The number of ether oxygens (including phenoxy) is 1. The fourth-order valence-corrected chi connectivity index (χ4v) is 3.17. The van der Waals surface area contributed by atoms with Crippen LogP contribution in [0, 0.1) is 0 Å². The van der Waals surface area contributed by atoms with Crippen LogP contribution in [0.2, 0.25) is 0 Å². The van der Waals surface area contributed by atoms with Crippen LogP contribution in [-0.4, -0.2) is 48.5 Å². The molecule has 1 aromatic carbocycles. The van der Waals surface area contributed by atoms with Crippen molar-refractivity contribution >= 4 is 5.91 Å². The van der Waals surface area contributed by atoms with E-state index >= 15 is 0 Å². The summed E-state index contributed by atoms with van der Waals surface area (Å²) in [5.41, 5.74) is 1.31. The summed E-state index contributed by atoms with van der Waals surface area (Å²) in [5.74, 6) is 1.03. The number of benzene rings is 1. The lowest BCUT2D eigenvalue weighted by atomic mass is 10.1. The predicted octanol–water partition coefficient (Wildman–Crippen LogP) is 2.77. The molecule has 3 rings (SSSR count). The molecule has 1 aliphatic rings. The van der Waals surface area contributed by atoms with E-state index in [1.54, 1.807) is 19.2 Å². The largest absolute Gasteiger partial charge is 0.453 e. The Bertz CT molecular complexity index is 668. The van der Waals surface area contributed by atoms with E-state index in [0.717, 1.165) is 19.6 Å². The minimum absolute atomic E-state index is 0.0378. The fraction of sp³-hybridized carbons (Fsp3) is 0.421. The Labute approximate surface area is 142 Å². The van der Waals surface area contributed by atoms with Gasteiger partial charge in [-0.25, -0.2) is 0 Å². The van der Waals surface area contributed by atoms with Crippen LogP contribution in [0.3, 0.4) is 0 Å². The van der Waals surface area contributed by atoms with Gasteiger partial charge in [-0.1, -0.05) is 30.3 Å². The summed E-state index contributed by atoms with van der Waals surface area (Å²) in [7, 11) is 1.61. The van der Waals surface area contributed by atoms with Gasteiger partial charge in [0.05, 0.1) is 0 Å². The van der Waals surface area contributed by atoms with Gasteiger partial charge in [0.2, 0.25) is 0 Å². The molecule has 0 unspecified atom stereocenters. The molecule has 24 heavy (non-hydrogen) atoms. The van der Waals surface area contributed by atoms with Gasteiger partial charge in [0.25, 0.3) is 5.91 Å². The highest BCUT2D eigenvalue weighted by molar-refractivity contribution is 5.91. The molecule has 1 fully saturated rings. The first-order valence-electron chi connectivity index (χ1n) is 8.32. The second-order valence-corrected chi connectivity index (χ2v) is 6.27. The minimum Gasteiger partial charge on any atom is -0.453 e. The van der Waals surface area contributed by atoms with Gasteiger partial charge >= 0.3 is 0 Å². The van der Waals surface area contributed by atoms with Crippen molar-refractivity contribution in [3.63, 3.8) is 0 Å². The minimum atomic E-state index is -0.0378. The van der Waals surface area contributed by atoms with E-state index in [0.29, 0.717) is 24.7 Å². The molecule has 1 amide bonds. The maximum atomic E-state index is 12.7. The highest BCUT2D eigenvalue weighted by Gasteiger charge is 2.29. The quantitative estimate of drug-likeness (QED) is 0.847.